The summed E-state index contributed by atoms with van der Waals surface area (Å²) in [6.07, 6.45) is 3.24. The second-order valence-electron chi connectivity index (χ2n) is 4.08. The van der Waals surface area contributed by atoms with Crippen LogP contribution in [0.5, 0.6) is 11.5 Å². The van der Waals surface area contributed by atoms with Crippen molar-refractivity contribution < 1.29 is 9.47 Å². The van der Waals surface area contributed by atoms with Gasteiger partial charge in [-0.2, -0.15) is 0 Å². The molecule has 1 aromatic rings. The predicted molar refractivity (Wildman–Crippen MR) is 59.3 cm³/mol. The fourth-order valence-electron chi connectivity index (χ4n) is 2.03. The highest BCUT2D eigenvalue weighted by molar-refractivity contribution is 5.45. The highest BCUT2D eigenvalue weighted by Gasteiger charge is 2.36. The Labute approximate surface area is 90.2 Å². The van der Waals surface area contributed by atoms with E-state index in [1.165, 1.54) is 6.42 Å². The predicted octanol–water partition coefficient (Wildman–Crippen LogP) is 2.04. The lowest BCUT2D eigenvalue weighted by Crippen LogP contribution is -2.43. The molecule has 3 nitrogen and oxygen atoms in total. The normalized spacial score (nSPS) is 18.1. The van der Waals surface area contributed by atoms with Crippen LogP contribution in [0, 0.1) is 0 Å². The van der Waals surface area contributed by atoms with E-state index >= 15 is 0 Å². The number of hydrogen-bond acceptors (Lipinski definition) is 3. The van der Waals surface area contributed by atoms with Crippen LogP contribution < -0.4 is 15.2 Å². The molecule has 0 radical (unpaired) electrons. The first-order valence-electron chi connectivity index (χ1n) is 5.21. The molecular formula is C12H17NO2. The van der Waals surface area contributed by atoms with Gasteiger partial charge < -0.3 is 15.2 Å². The van der Waals surface area contributed by atoms with Crippen molar-refractivity contribution in [1.29, 1.82) is 0 Å². The Balaban J connectivity index is 2.41. The van der Waals surface area contributed by atoms with E-state index in [9.17, 15) is 0 Å². The van der Waals surface area contributed by atoms with E-state index in [1.54, 1.807) is 14.2 Å². The number of ether oxygens (including phenoxy) is 2. The van der Waals surface area contributed by atoms with Gasteiger partial charge in [-0.15, -0.1) is 0 Å². The van der Waals surface area contributed by atoms with E-state index in [2.05, 4.69) is 0 Å². The third kappa shape index (κ3) is 1.67. The van der Waals surface area contributed by atoms with Gasteiger partial charge >= 0.3 is 0 Å². The first kappa shape index (κ1) is 10.3. The van der Waals surface area contributed by atoms with Crippen LogP contribution in [0.4, 0.5) is 0 Å². The third-order valence-electron chi connectivity index (χ3n) is 3.19. The van der Waals surface area contributed by atoms with E-state index < -0.39 is 0 Å². The highest BCUT2D eigenvalue weighted by atomic mass is 16.5. The Hall–Kier alpha value is -1.22. The molecule has 1 fully saturated rings. The summed E-state index contributed by atoms with van der Waals surface area (Å²) in [4.78, 5) is 0. The summed E-state index contributed by atoms with van der Waals surface area (Å²) in [5.41, 5.74) is 7.15. The van der Waals surface area contributed by atoms with Crippen LogP contribution in [0.15, 0.2) is 18.2 Å². The van der Waals surface area contributed by atoms with Gasteiger partial charge in [0.15, 0.2) is 0 Å². The summed E-state index contributed by atoms with van der Waals surface area (Å²) < 4.78 is 10.5. The molecule has 15 heavy (non-hydrogen) atoms. The van der Waals surface area contributed by atoms with Gasteiger partial charge in [-0.05, 0) is 37.5 Å². The van der Waals surface area contributed by atoms with Crippen molar-refractivity contribution in [3.63, 3.8) is 0 Å². The summed E-state index contributed by atoms with van der Waals surface area (Å²) in [5, 5.41) is 0. The summed E-state index contributed by atoms with van der Waals surface area (Å²) in [6.45, 7) is 0. The maximum atomic E-state index is 6.29. The summed E-state index contributed by atoms with van der Waals surface area (Å²) in [5.74, 6) is 1.69. The monoisotopic (exact) mass is 207 g/mol. The molecule has 0 spiro atoms. The molecule has 0 amide bonds. The summed E-state index contributed by atoms with van der Waals surface area (Å²) in [7, 11) is 3.34. The lowest BCUT2D eigenvalue weighted by atomic mass is 9.72. The molecule has 3 heteroatoms. The van der Waals surface area contributed by atoms with Gasteiger partial charge in [0.1, 0.15) is 11.5 Å². The molecule has 0 aliphatic heterocycles. The van der Waals surface area contributed by atoms with Crippen molar-refractivity contribution in [2.24, 2.45) is 5.73 Å². The second-order valence-corrected chi connectivity index (χ2v) is 4.08. The number of nitrogens with two attached hydrogens (primary N) is 1. The van der Waals surface area contributed by atoms with Gasteiger partial charge in [0.2, 0.25) is 0 Å². The Morgan fingerprint density at radius 2 is 1.93 bits per heavy atom. The SMILES string of the molecule is COc1ccc(OC)c(C2(N)CCC2)c1. The van der Waals surface area contributed by atoms with E-state index in [0.717, 1.165) is 29.9 Å². The lowest BCUT2D eigenvalue weighted by Gasteiger charge is -2.39. The minimum absolute atomic E-state index is 0.208. The van der Waals surface area contributed by atoms with Crippen LogP contribution in [-0.2, 0) is 5.54 Å². The van der Waals surface area contributed by atoms with Crippen LogP contribution in [0.1, 0.15) is 24.8 Å². The van der Waals surface area contributed by atoms with E-state index in [-0.39, 0.29) is 5.54 Å². The van der Waals surface area contributed by atoms with Crippen molar-refractivity contribution >= 4 is 0 Å². The maximum Gasteiger partial charge on any atom is 0.124 e. The molecule has 0 aromatic heterocycles. The Bertz CT molecular complexity index is 359. The molecule has 1 saturated carbocycles. The average Bonchev–Trinajstić information content (AvgIpc) is 2.25. The maximum absolute atomic E-state index is 6.29. The van der Waals surface area contributed by atoms with Gasteiger partial charge in [-0.1, -0.05) is 0 Å². The van der Waals surface area contributed by atoms with Gasteiger partial charge in [-0.3, -0.25) is 0 Å². The Kier molecular flexibility index (Phi) is 2.57. The summed E-state index contributed by atoms with van der Waals surface area (Å²) >= 11 is 0. The quantitative estimate of drug-likeness (QED) is 0.825. The highest BCUT2D eigenvalue weighted by Crippen LogP contribution is 2.43. The van der Waals surface area contributed by atoms with Crippen LogP contribution in [-0.4, -0.2) is 14.2 Å². The molecule has 0 bridgehead atoms. The van der Waals surface area contributed by atoms with Crippen LogP contribution in [0.25, 0.3) is 0 Å². The van der Waals surface area contributed by atoms with E-state index in [0.29, 0.717) is 0 Å². The molecule has 82 valence electrons. The van der Waals surface area contributed by atoms with Crippen molar-refractivity contribution in [3.8, 4) is 11.5 Å². The molecule has 1 aromatic carbocycles. The third-order valence-corrected chi connectivity index (χ3v) is 3.19. The largest absolute Gasteiger partial charge is 0.497 e. The molecule has 0 unspecified atom stereocenters. The number of rotatable bonds is 3. The van der Waals surface area contributed by atoms with Gasteiger partial charge in [0.05, 0.1) is 14.2 Å². The van der Waals surface area contributed by atoms with Crippen molar-refractivity contribution in [3.05, 3.63) is 23.8 Å². The number of hydrogen-bond donors (Lipinski definition) is 1. The fourth-order valence-corrected chi connectivity index (χ4v) is 2.03. The zero-order chi connectivity index (χ0) is 10.9. The van der Waals surface area contributed by atoms with Crippen molar-refractivity contribution in [2.75, 3.05) is 14.2 Å². The van der Waals surface area contributed by atoms with Gasteiger partial charge in [-0.25, -0.2) is 0 Å². The standard InChI is InChI=1S/C12H17NO2/c1-14-9-4-5-11(15-2)10(8-9)12(13)6-3-7-12/h4-5,8H,3,6-7,13H2,1-2H3. The topological polar surface area (TPSA) is 44.5 Å². The van der Waals surface area contributed by atoms with Gasteiger partial charge in [0, 0.05) is 11.1 Å². The Morgan fingerprint density at radius 3 is 2.40 bits per heavy atom. The van der Waals surface area contributed by atoms with Crippen molar-refractivity contribution in [2.45, 2.75) is 24.8 Å². The number of methoxy groups -OCH3 is 2. The van der Waals surface area contributed by atoms with Crippen LogP contribution in [0.3, 0.4) is 0 Å². The fraction of sp³-hybridized carbons (Fsp3) is 0.500. The minimum atomic E-state index is -0.208. The smallest absolute Gasteiger partial charge is 0.124 e. The first-order valence-corrected chi connectivity index (χ1v) is 5.21. The molecule has 0 saturated heterocycles. The van der Waals surface area contributed by atoms with Crippen molar-refractivity contribution in [1.82, 2.24) is 0 Å². The zero-order valence-electron chi connectivity index (χ0n) is 9.25. The minimum Gasteiger partial charge on any atom is -0.497 e. The lowest BCUT2D eigenvalue weighted by molar-refractivity contribution is 0.242. The number of benzene rings is 1. The molecule has 2 N–H and O–H groups in total. The molecule has 0 heterocycles. The zero-order valence-corrected chi connectivity index (χ0v) is 9.25. The average molecular weight is 207 g/mol. The molecule has 1 aliphatic rings. The first-order chi connectivity index (χ1) is 7.19. The summed E-state index contributed by atoms with van der Waals surface area (Å²) in [6, 6.07) is 5.80. The Morgan fingerprint density at radius 1 is 1.20 bits per heavy atom. The second kappa shape index (κ2) is 3.74. The van der Waals surface area contributed by atoms with Crippen LogP contribution in [0.2, 0.25) is 0 Å². The van der Waals surface area contributed by atoms with E-state index in [1.807, 2.05) is 18.2 Å². The van der Waals surface area contributed by atoms with Crippen LogP contribution >= 0.6 is 0 Å². The molecule has 1 aliphatic carbocycles. The van der Waals surface area contributed by atoms with Gasteiger partial charge in [0.25, 0.3) is 0 Å². The molecular weight excluding hydrogens is 190 g/mol. The molecule has 2 rings (SSSR count). The molecule has 0 atom stereocenters. The van der Waals surface area contributed by atoms with E-state index in [4.69, 9.17) is 15.2 Å².